The molecule has 2 heterocycles. The van der Waals surface area contributed by atoms with Crippen molar-refractivity contribution < 1.29 is 17.9 Å². The van der Waals surface area contributed by atoms with Gasteiger partial charge in [0.25, 0.3) is 5.56 Å². The largest absolute Gasteiger partial charge is 0.465 e. The minimum atomic E-state index is -3.94. The number of hydrogen-bond donors (Lipinski definition) is 1. The highest BCUT2D eigenvalue weighted by molar-refractivity contribution is 7.91. The van der Waals surface area contributed by atoms with Gasteiger partial charge in [-0.3, -0.25) is 4.79 Å². The Bertz CT molecular complexity index is 1090. The Kier molecular flexibility index (Phi) is 3.95. The van der Waals surface area contributed by atoms with Gasteiger partial charge in [-0.25, -0.2) is 17.2 Å². The molecule has 1 unspecified atom stereocenters. The van der Waals surface area contributed by atoms with Crippen LogP contribution in [-0.2, 0) is 14.8 Å². The number of aromatic nitrogens is 2. The first-order valence-electron chi connectivity index (χ1n) is 7.64. The lowest BCUT2D eigenvalue weighted by atomic mass is 9.94. The van der Waals surface area contributed by atoms with Gasteiger partial charge in [-0.1, -0.05) is 23.8 Å². The van der Waals surface area contributed by atoms with Crippen LogP contribution in [0.25, 0.3) is 10.9 Å². The zero-order chi connectivity index (χ0) is 18.4. The molecule has 1 aliphatic carbocycles. The summed E-state index contributed by atoms with van der Waals surface area (Å²) >= 11 is 0. The molecule has 0 aliphatic heterocycles. The van der Waals surface area contributed by atoms with Crippen LogP contribution in [0.15, 0.2) is 47.1 Å². The van der Waals surface area contributed by atoms with E-state index in [9.17, 15) is 18.0 Å². The molecule has 0 aromatic carbocycles. The molecule has 0 fully saturated rings. The van der Waals surface area contributed by atoms with Crippen molar-refractivity contribution in [2.75, 3.05) is 7.11 Å². The Morgan fingerprint density at radius 3 is 2.76 bits per heavy atom. The SMILES string of the molecule is COC(=O)c1c[nH]c(=O)c2c1ccn2S(=O)(=O)C1(C)CC=CC=C1C. The second kappa shape index (κ2) is 5.73. The van der Waals surface area contributed by atoms with E-state index >= 15 is 0 Å². The fourth-order valence-corrected chi connectivity index (χ4v) is 4.84. The van der Waals surface area contributed by atoms with Gasteiger partial charge in [0.1, 0.15) is 10.3 Å². The average Bonchev–Trinajstić information content (AvgIpc) is 3.04. The van der Waals surface area contributed by atoms with Crippen LogP contribution < -0.4 is 5.56 Å². The van der Waals surface area contributed by atoms with Gasteiger partial charge in [0.15, 0.2) is 0 Å². The summed E-state index contributed by atoms with van der Waals surface area (Å²) in [6.07, 6.45) is 8.16. The summed E-state index contributed by atoms with van der Waals surface area (Å²) in [7, 11) is -2.72. The number of ether oxygens (including phenoxy) is 1. The number of carbonyl (C=O) groups excluding carboxylic acids is 1. The normalized spacial score (nSPS) is 20.5. The number of allylic oxidation sites excluding steroid dienone is 3. The number of H-pyrrole nitrogens is 1. The van der Waals surface area contributed by atoms with Crippen LogP contribution in [0.4, 0.5) is 0 Å². The third-order valence-corrected chi connectivity index (χ3v) is 7.21. The summed E-state index contributed by atoms with van der Waals surface area (Å²) < 4.78 is 31.1. The van der Waals surface area contributed by atoms with Crippen LogP contribution in [0.3, 0.4) is 0 Å². The molecule has 0 saturated carbocycles. The summed E-state index contributed by atoms with van der Waals surface area (Å²) in [4.78, 5) is 26.6. The van der Waals surface area contributed by atoms with Crippen LogP contribution in [0, 0.1) is 0 Å². The molecular weight excluding hydrogens is 344 g/mol. The topological polar surface area (TPSA) is 98.2 Å². The van der Waals surface area contributed by atoms with E-state index in [-0.39, 0.29) is 16.5 Å². The van der Waals surface area contributed by atoms with E-state index < -0.39 is 26.3 Å². The van der Waals surface area contributed by atoms with E-state index in [1.54, 1.807) is 26.0 Å². The molecule has 0 spiro atoms. The predicted molar refractivity (Wildman–Crippen MR) is 94.1 cm³/mol. The van der Waals surface area contributed by atoms with Gasteiger partial charge in [-0.2, -0.15) is 0 Å². The quantitative estimate of drug-likeness (QED) is 0.842. The lowest BCUT2D eigenvalue weighted by Crippen LogP contribution is -2.41. The highest BCUT2D eigenvalue weighted by Crippen LogP contribution is 2.36. The zero-order valence-corrected chi connectivity index (χ0v) is 14.9. The number of carbonyl (C=O) groups is 1. The Morgan fingerprint density at radius 1 is 1.40 bits per heavy atom. The van der Waals surface area contributed by atoms with Crippen LogP contribution in [0.1, 0.15) is 30.6 Å². The highest BCUT2D eigenvalue weighted by atomic mass is 32.2. The number of methoxy groups -OCH3 is 1. The molecule has 0 bridgehead atoms. The summed E-state index contributed by atoms with van der Waals surface area (Å²) in [6.45, 7) is 3.37. The predicted octanol–water partition coefficient (Wildman–Crippen LogP) is 1.96. The van der Waals surface area contributed by atoms with Crippen LogP contribution in [0.5, 0.6) is 0 Å². The fraction of sp³-hybridized carbons (Fsp3) is 0.294. The van der Waals surface area contributed by atoms with E-state index in [0.717, 1.165) is 3.97 Å². The van der Waals surface area contributed by atoms with E-state index in [2.05, 4.69) is 4.98 Å². The second-order valence-electron chi connectivity index (χ2n) is 6.11. The molecule has 0 saturated heterocycles. The molecule has 8 heteroatoms. The third kappa shape index (κ3) is 2.36. The molecule has 1 aliphatic rings. The average molecular weight is 362 g/mol. The molecule has 3 rings (SSSR count). The highest BCUT2D eigenvalue weighted by Gasteiger charge is 2.42. The number of nitrogens with one attached hydrogen (secondary N) is 1. The molecule has 1 N–H and O–H groups in total. The van der Waals surface area contributed by atoms with Crippen molar-refractivity contribution in [1.82, 2.24) is 8.96 Å². The minimum absolute atomic E-state index is 0.0912. The number of hydrogen-bond acceptors (Lipinski definition) is 5. The summed E-state index contributed by atoms with van der Waals surface area (Å²) in [5.41, 5.74) is 0.101. The molecule has 2 aromatic rings. The number of fused-ring (bicyclic) bond motifs is 1. The Labute approximate surface area is 144 Å². The number of aromatic amines is 1. The number of rotatable bonds is 3. The van der Waals surface area contributed by atoms with Gasteiger partial charge in [0.05, 0.1) is 12.7 Å². The number of esters is 1. The van der Waals surface area contributed by atoms with Crippen molar-refractivity contribution in [2.24, 2.45) is 0 Å². The van der Waals surface area contributed by atoms with E-state index in [4.69, 9.17) is 4.74 Å². The van der Waals surface area contributed by atoms with Crippen molar-refractivity contribution in [3.63, 3.8) is 0 Å². The summed E-state index contributed by atoms with van der Waals surface area (Å²) in [5, 5.41) is 0.232. The van der Waals surface area contributed by atoms with Crippen molar-refractivity contribution >= 4 is 26.9 Å². The van der Waals surface area contributed by atoms with Crippen molar-refractivity contribution in [3.8, 4) is 0 Å². The smallest absolute Gasteiger partial charge is 0.340 e. The van der Waals surface area contributed by atoms with Gasteiger partial charge in [-0.05, 0) is 26.3 Å². The first-order chi connectivity index (χ1) is 11.7. The van der Waals surface area contributed by atoms with Crippen molar-refractivity contribution in [1.29, 1.82) is 0 Å². The molecule has 1 atom stereocenters. The van der Waals surface area contributed by atoms with E-state index in [1.165, 1.54) is 25.6 Å². The summed E-state index contributed by atoms with van der Waals surface area (Å²) in [5.74, 6) is -0.653. The van der Waals surface area contributed by atoms with Gasteiger partial charge >= 0.3 is 5.97 Å². The minimum Gasteiger partial charge on any atom is -0.465 e. The van der Waals surface area contributed by atoms with Crippen LogP contribution in [-0.4, -0.2) is 35.2 Å². The lowest BCUT2D eigenvalue weighted by molar-refractivity contribution is 0.0602. The first kappa shape index (κ1) is 17.2. The molecule has 0 amide bonds. The van der Waals surface area contributed by atoms with Gasteiger partial charge in [0, 0.05) is 17.8 Å². The molecule has 0 radical (unpaired) electrons. The maximum Gasteiger partial charge on any atom is 0.340 e. The first-order valence-corrected chi connectivity index (χ1v) is 9.08. The Morgan fingerprint density at radius 2 is 2.12 bits per heavy atom. The van der Waals surface area contributed by atoms with Gasteiger partial charge < -0.3 is 9.72 Å². The van der Waals surface area contributed by atoms with Crippen molar-refractivity contribution in [3.05, 3.63) is 58.2 Å². The maximum atomic E-state index is 13.3. The number of pyridine rings is 1. The lowest BCUT2D eigenvalue weighted by Gasteiger charge is -2.31. The van der Waals surface area contributed by atoms with Crippen LogP contribution >= 0.6 is 0 Å². The molecule has 25 heavy (non-hydrogen) atoms. The van der Waals surface area contributed by atoms with Crippen LogP contribution in [0.2, 0.25) is 0 Å². The zero-order valence-electron chi connectivity index (χ0n) is 14.1. The molecule has 132 valence electrons. The second-order valence-corrected chi connectivity index (χ2v) is 8.36. The fourth-order valence-electron chi connectivity index (χ4n) is 2.99. The van der Waals surface area contributed by atoms with E-state index in [1.807, 2.05) is 6.08 Å². The number of nitrogens with zero attached hydrogens (tertiary/aromatic N) is 1. The maximum absolute atomic E-state index is 13.3. The third-order valence-electron chi connectivity index (χ3n) is 4.76. The van der Waals surface area contributed by atoms with Gasteiger partial charge in [-0.15, -0.1) is 0 Å². The van der Waals surface area contributed by atoms with E-state index in [0.29, 0.717) is 12.0 Å². The molecule has 2 aromatic heterocycles. The van der Waals surface area contributed by atoms with Gasteiger partial charge in [0.2, 0.25) is 10.0 Å². The monoisotopic (exact) mass is 362 g/mol. The standard InChI is InChI=1S/C17H18N2O5S/c1-11-6-4-5-8-17(11,2)25(22,23)19-9-7-12-13(16(21)24-3)10-18-15(20)14(12)19/h4-7,9-10H,8H2,1-3H3,(H,18,20). The Balaban J connectivity index is 2.31. The summed E-state index contributed by atoms with van der Waals surface area (Å²) in [6, 6.07) is 1.44. The Hall–Kier alpha value is -2.61. The molecular formula is C17H18N2O5S. The molecule has 7 nitrogen and oxygen atoms in total. The van der Waals surface area contributed by atoms with Crippen molar-refractivity contribution in [2.45, 2.75) is 25.0 Å².